The van der Waals surface area contributed by atoms with Gasteiger partial charge in [0, 0.05) is 0 Å². The van der Waals surface area contributed by atoms with Crippen LogP contribution in [-0.2, 0) is 4.79 Å². The summed E-state index contributed by atoms with van der Waals surface area (Å²) in [7, 11) is 0. The Morgan fingerprint density at radius 3 is 2.00 bits per heavy atom. The molecule has 0 aromatic carbocycles. The van der Waals surface area contributed by atoms with Gasteiger partial charge in [-0.3, -0.25) is 0 Å². The third kappa shape index (κ3) is 12.4. The SMILES string of the molecule is CCCCCCCCCCC(C)(C)CCC(N)C=O. The quantitative estimate of drug-likeness (QED) is 0.383. The summed E-state index contributed by atoms with van der Waals surface area (Å²) in [5.41, 5.74) is 5.98. The average Bonchev–Trinajstić information content (AvgIpc) is 2.39. The number of unbranched alkanes of at least 4 members (excludes halogenated alkanes) is 7. The van der Waals surface area contributed by atoms with Crippen molar-refractivity contribution in [3.05, 3.63) is 0 Å². The molecule has 114 valence electrons. The Morgan fingerprint density at radius 2 is 1.47 bits per heavy atom. The molecule has 0 aliphatic rings. The summed E-state index contributed by atoms with van der Waals surface area (Å²) in [6.45, 7) is 6.86. The van der Waals surface area contributed by atoms with Crippen LogP contribution in [0, 0.1) is 5.41 Å². The smallest absolute Gasteiger partial charge is 0.136 e. The van der Waals surface area contributed by atoms with Gasteiger partial charge in [0.25, 0.3) is 0 Å². The number of nitrogens with two attached hydrogens (primary N) is 1. The van der Waals surface area contributed by atoms with E-state index in [4.69, 9.17) is 5.73 Å². The molecule has 0 saturated carbocycles. The molecule has 0 spiro atoms. The first-order chi connectivity index (χ1) is 9.02. The first kappa shape index (κ1) is 18.6. The second-order valence-electron chi connectivity index (χ2n) is 6.73. The molecule has 0 amide bonds. The van der Waals surface area contributed by atoms with E-state index in [1.54, 1.807) is 0 Å². The highest BCUT2D eigenvalue weighted by Gasteiger charge is 2.18. The van der Waals surface area contributed by atoms with Crippen molar-refractivity contribution in [3.63, 3.8) is 0 Å². The maximum Gasteiger partial charge on any atom is 0.136 e. The normalized spacial score (nSPS) is 13.5. The second-order valence-corrected chi connectivity index (χ2v) is 6.73. The zero-order chi connectivity index (χ0) is 14.6. The highest BCUT2D eigenvalue weighted by atomic mass is 16.1. The van der Waals surface area contributed by atoms with Crippen LogP contribution in [0.25, 0.3) is 0 Å². The third-order valence-corrected chi connectivity index (χ3v) is 4.04. The molecule has 1 atom stereocenters. The van der Waals surface area contributed by atoms with E-state index in [9.17, 15) is 4.79 Å². The van der Waals surface area contributed by atoms with Gasteiger partial charge in [-0.1, -0.05) is 72.1 Å². The molecular weight excluding hydrogens is 234 g/mol. The van der Waals surface area contributed by atoms with Gasteiger partial charge in [0.2, 0.25) is 0 Å². The van der Waals surface area contributed by atoms with Gasteiger partial charge in [-0.25, -0.2) is 0 Å². The Kier molecular flexibility index (Phi) is 11.2. The van der Waals surface area contributed by atoms with E-state index in [-0.39, 0.29) is 6.04 Å². The molecule has 0 rings (SSSR count). The van der Waals surface area contributed by atoms with Crippen LogP contribution in [0.5, 0.6) is 0 Å². The molecule has 1 unspecified atom stereocenters. The van der Waals surface area contributed by atoms with Crippen molar-refractivity contribution >= 4 is 6.29 Å². The van der Waals surface area contributed by atoms with Gasteiger partial charge in [0.1, 0.15) is 6.29 Å². The van der Waals surface area contributed by atoms with E-state index in [1.165, 1.54) is 57.8 Å². The minimum atomic E-state index is -0.266. The van der Waals surface area contributed by atoms with Crippen LogP contribution in [0.1, 0.15) is 91.4 Å². The molecule has 19 heavy (non-hydrogen) atoms. The van der Waals surface area contributed by atoms with Crippen molar-refractivity contribution < 1.29 is 4.79 Å². The number of carbonyl (C=O) groups is 1. The summed E-state index contributed by atoms with van der Waals surface area (Å²) in [6.07, 6.45) is 15.0. The van der Waals surface area contributed by atoms with Crippen LogP contribution in [0.15, 0.2) is 0 Å². The van der Waals surface area contributed by atoms with Gasteiger partial charge in [-0.05, 0) is 24.7 Å². The largest absolute Gasteiger partial charge is 0.322 e. The Morgan fingerprint density at radius 1 is 0.947 bits per heavy atom. The predicted octanol–water partition coefficient (Wildman–Crippen LogP) is 4.85. The molecule has 0 aliphatic heterocycles. The number of aldehydes is 1. The molecule has 0 aromatic rings. The van der Waals surface area contributed by atoms with Crippen LogP contribution in [0.4, 0.5) is 0 Å². The Labute approximate surface area is 120 Å². The average molecular weight is 269 g/mol. The lowest BCUT2D eigenvalue weighted by molar-refractivity contribution is -0.109. The molecule has 0 fully saturated rings. The van der Waals surface area contributed by atoms with Gasteiger partial charge >= 0.3 is 0 Å². The zero-order valence-electron chi connectivity index (χ0n) is 13.4. The Bertz CT molecular complexity index is 213. The van der Waals surface area contributed by atoms with Crippen LogP contribution in [0.3, 0.4) is 0 Å². The lowest BCUT2D eigenvalue weighted by Crippen LogP contribution is -2.24. The fraction of sp³-hybridized carbons (Fsp3) is 0.941. The summed E-state index contributed by atoms with van der Waals surface area (Å²) in [5.74, 6) is 0. The fourth-order valence-electron chi connectivity index (χ4n) is 2.49. The summed E-state index contributed by atoms with van der Waals surface area (Å²) in [5, 5.41) is 0. The van der Waals surface area contributed by atoms with Gasteiger partial charge in [0.05, 0.1) is 6.04 Å². The third-order valence-electron chi connectivity index (χ3n) is 4.04. The van der Waals surface area contributed by atoms with Crippen molar-refractivity contribution in [1.82, 2.24) is 0 Å². The molecule has 2 heteroatoms. The van der Waals surface area contributed by atoms with E-state index in [1.807, 2.05) is 0 Å². The number of carbonyl (C=O) groups excluding carboxylic acids is 1. The Balaban J connectivity index is 3.45. The maximum absolute atomic E-state index is 10.5. The van der Waals surface area contributed by atoms with Crippen molar-refractivity contribution in [2.45, 2.75) is 97.4 Å². The molecule has 0 aromatic heterocycles. The molecule has 0 aliphatic carbocycles. The van der Waals surface area contributed by atoms with Gasteiger partial charge in [-0.2, -0.15) is 0 Å². The van der Waals surface area contributed by atoms with Gasteiger partial charge in [0.15, 0.2) is 0 Å². The van der Waals surface area contributed by atoms with Crippen molar-refractivity contribution in [2.75, 3.05) is 0 Å². The van der Waals surface area contributed by atoms with E-state index in [2.05, 4.69) is 20.8 Å². The number of hydrogen-bond donors (Lipinski definition) is 1. The number of rotatable bonds is 13. The van der Waals surface area contributed by atoms with Crippen molar-refractivity contribution in [3.8, 4) is 0 Å². The zero-order valence-corrected chi connectivity index (χ0v) is 13.4. The number of hydrogen-bond acceptors (Lipinski definition) is 2. The van der Waals surface area contributed by atoms with Gasteiger partial charge < -0.3 is 10.5 Å². The van der Waals surface area contributed by atoms with Crippen LogP contribution in [0.2, 0.25) is 0 Å². The van der Waals surface area contributed by atoms with Crippen LogP contribution in [-0.4, -0.2) is 12.3 Å². The predicted molar refractivity (Wildman–Crippen MR) is 84.3 cm³/mol. The lowest BCUT2D eigenvalue weighted by Gasteiger charge is -2.25. The minimum absolute atomic E-state index is 0.266. The van der Waals surface area contributed by atoms with Gasteiger partial charge in [-0.15, -0.1) is 0 Å². The van der Waals surface area contributed by atoms with Crippen LogP contribution >= 0.6 is 0 Å². The van der Waals surface area contributed by atoms with E-state index in [0.717, 1.165) is 19.1 Å². The first-order valence-corrected chi connectivity index (χ1v) is 8.22. The monoisotopic (exact) mass is 269 g/mol. The summed E-state index contributed by atoms with van der Waals surface area (Å²) >= 11 is 0. The maximum atomic E-state index is 10.5. The fourth-order valence-corrected chi connectivity index (χ4v) is 2.49. The Hall–Kier alpha value is -0.370. The highest BCUT2D eigenvalue weighted by Crippen LogP contribution is 2.29. The molecule has 2 N–H and O–H groups in total. The van der Waals surface area contributed by atoms with Crippen LogP contribution < -0.4 is 5.73 Å². The minimum Gasteiger partial charge on any atom is -0.322 e. The van der Waals surface area contributed by atoms with Crippen molar-refractivity contribution in [1.29, 1.82) is 0 Å². The molecule has 0 bridgehead atoms. The summed E-state index contributed by atoms with van der Waals surface area (Å²) in [4.78, 5) is 10.5. The molecule has 0 radical (unpaired) electrons. The topological polar surface area (TPSA) is 43.1 Å². The molecule has 0 saturated heterocycles. The summed E-state index contributed by atoms with van der Waals surface area (Å²) < 4.78 is 0. The van der Waals surface area contributed by atoms with E-state index < -0.39 is 0 Å². The first-order valence-electron chi connectivity index (χ1n) is 8.22. The van der Waals surface area contributed by atoms with E-state index in [0.29, 0.717) is 5.41 Å². The lowest BCUT2D eigenvalue weighted by atomic mass is 9.81. The van der Waals surface area contributed by atoms with E-state index >= 15 is 0 Å². The standard InChI is InChI=1S/C17H35NO/c1-4-5-6-7-8-9-10-11-13-17(2,3)14-12-16(18)15-19/h15-16H,4-14,18H2,1-3H3. The second kappa shape index (κ2) is 11.5. The molecule has 0 heterocycles. The molecular formula is C17H35NO. The van der Waals surface area contributed by atoms with Crippen molar-refractivity contribution in [2.24, 2.45) is 11.1 Å². The molecule has 2 nitrogen and oxygen atoms in total. The highest BCUT2D eigenvalue weighted by molar-refractivity contribution is 5.56. The summed E-state index contributed by atoms with van der Waals surface area (Å²) in [6, 6.07) is -0.266.